The molecule has 2 rings (SSSR count). The number of aryl methyl sites for hydroxylation is 1. The summed E-state index contributed by atoms with van der Waals surface area (Å²) < 4.78 is 25.8. The molecule has 0 bridgehead atoms. The summed E-state index contributed by atoms with van der Waals surface area (Å²) in [6.07, 6.45) is 0.277. The van der Waals surface area contributed by atoms with E-state index in [0.717, 1.165) is 12.1 Å². The number of carbonyl (C=O) groups is 1. The molecule has 0 aromatic heterocycles. The molecule has 2 aromatic rings. The number of rotatable bonds is 5. The second kappa shape index (κ2) is 7.12. The van der Waals surface area contributed by atoms with Crippen LogP contribution in [0.4, 0.5) is 5.69 Å². The number of benzene rings is 2. The van der Waals surface area contributed by atoms with Crippen molar-refractivity contribution in [3.8, 4) is 0 Å². The van der Waals surface area contributed by atoms with E-state index in [1.807, 2.05) is 0 Å². The van der Waals surface area contributed by atoms with E-state index in [0.29, 0.717) is 5.56 Å². The summed E-state index contributed by atoms with van der Waals surface area (Å²) in [5.41, 5.74) is -0.458. The Labute approximate surface area is 149 Å². The van der Waals surface area contributed by atoms with Crippen molar-refractivity contribution in [1.29, 1.82) is 0 Å². The van der Waals surface area contributed by atoms with E-state index in [1.54, 1.807) is 13.0 Å². The minimum absolute atomic E-state index is 0.0530. The van der Waals surface area contributed by atoms with E-state index in [-0.39, 0.29) is 21.9 Å². The van der Waals surface area contributed by atoms with Crippen LogP contribution >= 0.6 is 11.6 Å². The first-order valence-electron chi connectivity index (χ1n) is 7.06. The average Bonchev–Trinajstić information content (AvgIpc) is 2.59. The number of sulfone groups is 1. The lowest BCUT2D eigenvalue weighted by Gasteiger charge is -2.11. The number of amides is 1. The number of hydrogen-bond acceptors (Lipinski definition) is 5. The van der Waals surface area contributed by atoms with Crippen molar-refractivity contribution >= 4 is 39.8 Å². The molecule has 0 unspecified atom stereocenters. The topological polar surface area (TPSA) is 107 Å². The van der Waals surface area contributed by atoms with E-state index in [9.17, 15) is 23.3 Å². The number of carbonyl (C=O) groups excluding carboxylic acids is 1. The predicted octanol–water partition coefficient (Wildman–Crippen LogP) is 3.48. The predicted molar refractivity (Wildman–Crippen MR) is 93.3 cm³/mol. The maximum atomic E-state index is 12.9. The lowest BCUT2D eigenvalue weighted by atomic mass is 10.0. The fraction of sp³-hybridized carbons (Fsp3) is 0.125. The van der Waals surface area contributed by atoms with Gasteiger partial charge in [0, 0.05) is 6.07 Å². The summed E-state index contributed by atoms with van der Waals surface area (Å²) >= 11 is 5.94. The molecular formula is C16H13ClN2O5S. The summed E-state index contributed by atoms with van der Waals surface area (Å²) in [5.74, 6) is -0.762. The highest BCUT2D eigenvalue weighted by atomic mass is 35.5. The third kappa shape index (κ3) is 3.45. The Balaban J connectivity index is 2.85. The van der Waals surface area contributed by atoms with E-state index in [2.05, 4.69) is 11.7 Å². The highest BCUT2D eigenvalue weighted by molar-refractivity contribution is 7.91. The molecule has 0 saturated carbocycles. The monoisotopic (exact) mass is 380 g/mol. The van der Waals surface area contributed by atoms with Gasteiger partial charge in [-0.1, -0.05) is 30.7 Å². The molecule has 0 spiro atoms. The number of aliphatic imine (C=N–C) groups is 1. The first-order chi connectivity index (χ1) is 11.7. The summed E-state index contributed by atoms with van der Waals surface area (Å²) in [6, 6.07) is 7.68. The lowest BCUT2D eigenvalue weighted by Crippen LogP contribution is -2.10. The molecule has 9 heteroatoms. The number of nitro benzene ring substituents is 1. The highest BCUT2D eigenvalue weighted by Gasteiger charge is 2.31. The Morgan fingerprint density at radius 2 is 1.92 bits per heavy atom. The summed E-state index contributed by atoms with van der Waals surface area (Å²) in [4.78, 5) is 24.8. The van der Waals surface area contributed by atoms with Crippen molar-refractivity contribution in [3.05, 3.63) is 62.7 Å². The quantitative estimate of drug-likeness (QED) is 0.448. The zero-order valence-electron chi connectivity index (χ0n) is 13.1. The zero-order chi connectivity index (χ0) is 18.8. The first-order valence-corrected chi connectivity index (χ1v) is 8.92. The van der Waals surface area contributed by atoms with Crippen LogP contribution in [-0.4, -0.2) is 26.0 Å². The third-order valence-electron chi connectivity index (χ3n) is 3.55. The van der Waals surface area contributed by atoms with Crippen molar-refractivity contribution in [2.24, 2.45) is 4.99 Å². The van der Waals surface area contributed by atoms with Crippen LogP contribution in [0.15, 0.2) is 51.2 Å². The Morgan fingerprint density at radius 1 is 1.28 bits per heavy atom. The van der Waals surface area contributed by atoms with Crippen LogP contribution in [0.2, 0.25) is 5.02 Å². The molecule has 0 aliphatic carbocycles. The van der Waals surface area contributed by atoms with Gasteiger partial charge in [-0.3, -0.25) is 14.9 Å². The van der Waals surface area contributed by atoms with Gasteiger partial charge >= 0.3 is 0 Å². The van der Waals surface area contributed by atoms with Crippen LogP contribution in [0, 0.1) is 10.1 Å². The van der Waals surface area contributed by atoms with Gasteiger partial charge in [0.2, 0.25) is 9.84 Å². The number of nitrogens with zero attached hydrogens (tertiary/aromatic N) is 2. The first kappa shape index (κ1) is 18.8. The van der Waals surface area contributed by atoms with Crippen LogP contribution in [-0.2, 0) is 16.3 Å². The third-order valence-corrected chi connectivity index (χ3v) is 5.83. The number of nitro groups is 1. The molecule has 0 heterocycles. The van der Waals surface area contributed by atoms with Crippen LogP contribution in [0.25, 0.3) is 0 Å². The summed E-state index contributed by atoms with van der Waals surface area (Å²) in [6.45, 7) is 4.80. The second-order valence-corrected chi connectivity index (χ2v) is 7.28. The Kier molecular flexibility index (Phi) is 5.34. The van der Waals surface area contributed by atoms with Gasteiger partial charge in [0.15, 0.2) is 0 Å². The summed E-state index contributed by atoms with van der Waals surface area (Å²) in [7, 11) is -4.26. The van der Waals surface area contributed by atoms with E-state index < -0.39 is 31.3 Å². The van der Waals surface area contributed by atoms with Gasteiger partial charge in [-0.25, -0.2) is 13.4 Å². The molecule has 2 aromatic carbocycles. The number of halogens is 1. The standard InChI is InChI=1S/C16H13ClN2O5S/c1-3-10-8-15(13(19(21)22)9-11(10)16(20)18-2)25(23,24)14-7-5-4-6-12(14)17/h4-9H,2-3H2,1H3. The SMILES string of the molecule is C=NC(=O)c1cc([N+](=O)[O-])c(S(=O)(=O)c2ccccc2Cl)cc1CC. The smallest absolute Gasteiger partial charge is 0.267 e. The van der Waals surface area contributed by atoms with Crippen LogP contribution in [0.3, 0.4) is 0 Å². The molecular weight excluding hydrogens is 368 g/mol. The van der Waals surface area contributed by atoms with Crippen LogP contribution in [0.5, 0.6) is 0 Å². The molecule has 0 radical (unpaired) electrons. The van der Waals surface area contributed by atoms with Gasteiger partial charge < -0.3 is 0 Å². The van der Waals surface area contributed by atoms with Gasteiger partial charge in [-0.05, 0) is 36.9 Å². The Morgan fingerprint density at radius 3 is 2.44 bits per heavy atom. The minimum atomic E-state index is -4.26. The van der Waals surface area contributed by atoms with Crippen molar-refractivity contribution in [1.82, 2.24) is 0 Å². The van der Waals surface area contributed by atoms with Gasteiger partial charge in [0.05, 0.1) is 20.4 Å². The Hall–Kier alpha value is -2.58. The van der Waals surface area contributed by atoms with Crippen LogP contribution < -0.4 is 0 Å². The lowest BCUT2D eigenvalue weighted by molar-refractivity contribution is -0.387. The molecule has 0 aliphatic rings. The van der Waals surface area contributed by atoms with Crippen molar-refractivity contribution in [2.45, 2.75) is 23.1 Å². The van der Waals surface area contributed by atoms with E-state index in [4.69, 9.17) is 11.6 Å². The largest absolute Gasteiger partial charge is 0.289 e. The zero-order valence-corrected chi connectivity index (χ0v) is 14.7. The molecule has 130 valence electrons. The minimum Gasteiger partial charge on any atom is -0.267 e. The highest BCUT2D eigenvalue weighted by Crippen LogP contribution is 2.35. The van der Waals surface area contributed by atoms with Gasteiger partial charge in [0.25, 0.3) is 11.6 Å². The molecule has 0 N–H and O–H groups in total. The second-order valence-electron chi connectivity index (χ2n) is 4.98. The Bertz CT molecular complexity index is 986. The molecule has 25 heavy (non-hydrogen) atoms. The number of hydrogen-bond donors (Lipinski definition) is 0. The van der Waals surface area contributed by atoms with Crippen molar-refractivity contribution in [2.75, 3.05) is 0 Å². The van der Waals surface area contributed by atoms with Gasteiger partial charge in [0.1, 0.15) is 4.90 Å². The molecule has 0 aliphatic heterocycles. The maximum absolute atomic E-state index is 12.9. The molecule has 7 nitrogen and oxygen atoms in total. The fourth-order valence-corrected chi connectivity index (χ4v) is 4.29. The molecule has 0 atom stereocenters. The van der Waals surface area contributed by atoms with Crippen molar-refractivity contribution < 1.29 is 18.1 Å². The molecule has 1 amide bonds. The molecule has 0 saturated heterocycles. The maximum Gasteiger partial charge on any atom is 0.289 e. The van der Waals surface area contributed by atoms with Gasteiger partial charge in [-0.2, -0.15) is 0 Å². The van der Waals surface area contributed by atoms with Gasteiger partial charge in [-0.15, -0.1) is 0 Å². The van der Waals surface area contributed by atoms with Crippen molar-refractivity contribution in [3.63, 3.8) is 0 Å². The molecule has 0 fully saturated rings. The van der Waals surface area contributed by atoms with E-state index >= 15 is 0 Å². The van der Waals surface area contributed by atoms with Crippen LogP contribution in [0.1, 0.15) is 22.8 Å². The van der Waals surface area contributed by atoms with E-state index in [1.165, 1.54) is 18.2 Å². The summed E-state index contributed by atoms with van der Waals surface area (Å²) in [5, 5.41) is 11.3. The normalized spacial score (nSPS) is 11.1. The fourth-order valence-electron chi connectivity index (χ4n) is 2.33. The average molecular weight is 381 g/mol.